The number of thiazole rings is 1. The SMILES string of the molecule is CC(=O)N(C)c1ccc(NC(=O)c2cnc3sccn3c2=O)cc1. The highest BCUT2D eigenvalue weighted by Crippen LogP contribution is 2.17. The van der Waals surface area contributed by atoms with E-state index in [4.69, 9.17) is 0 Å². The van der Waals surface area contributed by atoms with Gasteiger partial charge in [-0.3, -0.25) is 18.8 Å². The van der Waals surface area contributed by atoms with Crippen molar-refractivity contribution in [2.24, 2.45) is 0 Å². The molecule has 122 valence electrons. The van der Waals surface area contributed by atoms with Crippen molar-refractivity contribution in [2.75, 3.05) is 17.3 Å². The first kappa shape index (κ1) is 15.9. The Hall–Kier alpha value is -3.00. The summed E-state index contributed by atoms with van der Waals surface area (Å²) < 4.78 is 1.34. The van der Waals surface area contributed by atoms with Gasteiger partial charge < -0.3 is 10.2 Å². The van der Waals surface area contributed by atoms with Crippen LogP contribution in [0.3, 0.4) is 0 Å². The Labute approximate surface area is 141 Å². The summed E-state index contributed by atoms with van der Waals surface area (Å²) in [6, 6.07) is 6.76. The lowest BCUT2D eigenvalue weighted by Gasteiger charge is -2.15. The van der Waals surface area contributed by atoms with E-state index in [1.165, 1.54) is 33.8 Å². The lowest BCUT2D eigenvalue weighted by atomic mass is 10.2. The first-order chi connectivity index (χ1) is 11.5. The molecule has 8 heteroatoms. The Morgan fingerprint density at radius 2 is 1.96 bits per heavy atom. The van der Waals surface area contributed by atoms with Gasteiger partial charge >= 0.3 is 0 Å². The summed E-state index contributed by atoms with van der Waals surface area (Å²) in [6.07, 6.45) is 2.86. The molecule has 3 aromatic rings. The van der Waals surface area contributed by atoms with Crippen LogP contribution in [-0.2, 0) is 4.79 Å². The number of nitrogens with zero attached hydrogens (tertiary/aromatic N) is 3. The Morgan fingerprint density at radius 3 is 2.62 bits per heavy atom. The number of carbonyl (C=O) groups is 2. The van der Waals surface area contributed by atoms with Crippen molar-refractivity contribution < 1.29 is 9.59 Å². The number of fused-ring (bicyclic) bond motifs is 1. The zero-order valence-electron chi connectivity index (χ0n) is 13.0. The van der Waals surface area contributed by atoms with Crippen LogP contribution in [0.4, 0.5) is 11.4 Å². The minimum atomic E-state index is -0.527. The molecule has 0 aliphatic carbocycles. The van der Waals surface area contributed by atoms with Gasteiger partial charge in [-0.2, -0.15) is 0 Å². The highest BCUT2D eigenvalue weighted by atomic mass is 32.1. The Balaban J connectivity index is 1.82. The number of anilines is 2. The fourth-order valence-corrected chi connectivity index (χ4v) is 2.80. The van der Waals surface area contributed by atoms with Gasteiger partial charge in [0.15, 0.2) is 4.96 Å². The van der Waals surface area contributed by atoms with E-state index < -0.39 is 11.5 Å². The number of aromatic nitrogens is 2. The fourth-order valence-electron chi connectivity index (χ4n) is 2.13. The van der Waals surface area contributed by atoms with Crippen molar-refractivity contribution >= 4 is 39.5 Å². The van der Waals surface area contributed by atoms with E-state index in [0.29, 0.717) is 16.3 Å². The van der Waals surface area contributed by atoms with E-state index in [2.05, 4.69) is 10.3 Å². The summed E-state index contributed by atoms with van der Waals surface area (Å²) in [5.74, 6) is -0.615. The number of rotatable bonds is 3. The number of amides is 2. The molecule has 2 heterocycles. The summed E-state index contributed by atoms with van der Waals surface area (Å²) in [5.41, 5.74) is 0.792. The van der Waals surface area contributed by atoms with E-state index in [9.17, 15) is 14.4 Å². The Bertz CT molecular complexity index is 975. The zero-order valence-corrected chi connectivity index (χ0v) is 13.8. The average Bonchev–Trinajstić information content (AvgIpc) is 3.04. The third-order valence-corrected chi connectivity index (χ3v) is 4.34. The molecule has 24 heavy (non-hydrogen) atoms. The average molecular weight is 342 g/mol. The molecule has 1 N–H and O–H groups in total. The van der Waals surface area contributed by atoms with E-state index in [1.807, 2.05) is 0 Å². The monoisotopic (exact) mass is 342 g/mol. The third kappa shape index (κ3) is 2.91. The van der Waals surface area contributed by atoms with Crippen LogP contribution < -0.4 is 15.8 Å². The molecule has 1 aromatic carbocycles. The van der Waals surface area contributed by atoms with Crippen molar-refractivity contribution in [2.45, 2.75) is 6.92 Å². The van der Waals surface area contributed by atoms with Crippen LogP contribution in [-0.4, -0.2) is 28.2 Å². The second kappa shape index (κ2) is 6.25. The Kier molecular flexibility index (Phi) is 4.13. The molecule has 0 saturated heterocycles. The minimum absolute atomic E-state index is 0.0316. The third-order valence-electron chi connectivity index (χ3n) is 3.57. The largest absolute Gasteiger partial charge is 0.322 e. The molecule has 0 spiro atoms. The predicted octanol–water partition coefficient (Wildman–Crippen LogP) is 1.99. The first-order valence-corrected chi connectivity index (χ1v) is 7.96. The van der Waals surface area contributed by atoms with Crippen LogP contribution in [0.2, 0.25) is 0 Å². The first-order valence-electron chi connectivity index (χ1n) is 7.08. The molecule has 0 aliphatic heterocycles. The number of benzene rings is 1. The van der Waals surface area contributed by atoms with Crippen LogP contribution in [0.1, 0.15) is 17.3 Å². The van der Waals surface area contributed by atoms with Gasteiger partial charge in [0.25, 0.3) is 11.5 Å². The maximum absolute atomic E-state index is 12.3. The van der Waals surface area contributed by atoms with Crippen molar-refractivity contribution in [3.05, 3.63) is 58.0 Å². The van der Waals surface area contributed by atoms with Crippen molar-refractivity contribution in [1.82, 2.24) is 9.38 Å². The molecule has 0 bridgehead atoms. The zero-order chi connectivity index (χ0) is 17.3. The van der Waals surface area contributed by atoms with Gasteiger partial charge in [0.2, 0.25) is 5.91 Å². The second-order valence-electron chi connectivity index (χ2n) is 5.11. The van der Waals surface area contributed by atoms with Gasteiger partial charge in [-0.05, 0) is 24.3 Å². The van der Waals surface area contributed by atoms with Crippen LogP contribution in [0.5, 0.6) is 0 Å². The molecule has 0 atom stereocenters. The topological polar surface area (TPSA) is 83.8 Å². The maximum atomic E-state index is 12.3. The number of hydrogen-bond acceptors (Lipinski definition) is 5. The minimum Gasteiger partial charge on any atom is -0.322 e. The summed E-state index contributed by atoms with van der Waals surface area (Å²) in [5, 5.41) is 4.39. The van der Waals surface area contributed by atoms with Gasteiger partial charge in [0.1, 0.15) is 5.56 Å². The van der Waals surface area contributed by atoms with E-state index in [1.54, 1.807) is 42.9 Å². The summed E-state index contributed by atoms with van der Waals surface area (Å²) in [6.45, 7) is 1.47. The van der Waals surface area contributed by atoms with Gasteiger partial charge in [-0.1, -0.05) is 0 Å². The van der Waals surface area contributed by atoms with E-state index in [-0.39, 0.29) is 11.5 Å². The molecule has 0 saturated carbocycles. The van der Waals surface area contributed by atoms with E-state index in [0.717, 1.165) is 0 Å². The smallest absolute Gasteiger partial charge is 0.271 e. The fraction of sp³-hybridized carbons (Fsp3) is 0.125. The molecule has 3 rings (SSSR count). The van der Waals surface area contributed by atoms with Crippen LogP contribution in [0.25, 0.3) is 4.96 Å². The molecule has 0 radical (unpaired) electrons. The highest BCUT2D eigenvalue weighted by Gasteiger charge is 2.14. The number of carbonyl (C=O) groups excluding carboxylic acids is 2. The van der Waals surface area contributed by atoms with Gasteiger partial charge in [-0.25, -0.2) is 4.98 Å². The summed E-state index contributed by atoms with van der Waals surface area (Å²) in [7, 11) is 1.67. The lowest BCUT2D eigenvalue weighted by molar-refractivity contribution is -0.116. The predicted molar refractivity (Wildman–Crippen MR) is 92.8 cm³/mol. The molecular formula is C16H14N4O3S. The molecule has 0 aliphatic rings. The van der Waals surface area contributed by atoms with Gasteiger partial charge in [0, 0.05) is 43.1 Å². The van der Waals surface area contributed by atoms with Crippen molar-refractivity contribution in [3.8, 4) is 0 Å². The summed E-state index contributed by atoms with van der Waals surface area (Å²) in [4.78, 5) is 42.0. The molecular weight excluding hydrogens is 328 g/mol. The molecule has 0 unspecified atom stereocenters. The molecule has 2 amide bonds. The number of hydrogen-bond donors (Lipinski definition) is 1. The molecule has 2 aromatic heterocycles. The summed E-state index contributed by atoms with van der Waals surface area (Å²) >= 11 is 1.32. The van der Waals surface area contributed by atoms with Crippen LogP contribution in [0, 0.1) is 0 Å². The molecule has 7 nitrogen and oxygen atoms in total. The normalized spacial score (nSPS) is 10.6. The van der Waals surface area contributed by atoms with Crippen molar-refractivity contribution in [3.63, 3.8) is 0 Å². The highest BCUT2D eigenvalue weighted by molar-refractivity contribution is 7.15. The maximum Gasteiger partial charge on any atom is 0.271 e. The molecule has 0 fully saturated rings. The number of nitrogens with one attached hydrogen (secondary N) is 1. The van der Waals surface area contributed by atoms with Crippen LogP contribution >= 0.6 is 11.3 Å². The van der Waals surface area contributed by atoms with Crippen molar-refractivity contribution in [1.29, 1.82) is 0 Å². The van der Waals surface area contributed by atoms with E-state index >= 15 is 0 Å². The second-order valence-corrected chi connectivity index (χ2v) is 5.98. The van der Waals surface area contributed by atoms with Gasteiger partial charge in [0.05, 0.1) is 0 Å². The van der Waals surface area contributed by atoms with Crippen LogP contribution in [0.15, 0.2) is 46.8 Å². The quantitative estimate of drug-likeness (QED) is 0.789. The lowest BCUT2D eigenvalue weighted by Crippen LogP contribution is -2.26. The van der Waals surface area contributed by atoms with Gasteiger partial charge in [-0.15, -0.1) is 11.3 Å². The standard InChI is InChI=1S/C16H14N4O3S/c1-10(21)19(2)12-5-3-11(4-6-12)18-14(22)13-9-17-16-20(15(13)23)7-8-24-16/h3-9H,1-2H3,(H,18,22). The Morgan fingerprint density at radius 1 is 1.25 bits per heavy atom.